The van der Waals surface area contributed by atoms with Gasteiger partial charge in [0, 0.05) is 31.6 Å². The first kappa shape index (κ1) is 17.0. The first-order chi connectivity index (χ1) is 11.0. The number of methoxy groups -OCH3 is 1. The lowest BCUT2D eigenvalue weighted by Gasteiger charge is -2.19. The summed E-state index contributed by atoms with van der Waals surface area (Å²) in [5.74, 6) is -0.408. The zero-order valence-electron chi connectivity index (χ0n) is 13.8. The summed E-state index contributed by atoms with van der Waals surface area (Å²) >= 11 is 0. The van der Waals surface area contributed by atoms with Gasteiger partial charge in [-0.3, -0.25) is 9.59 Å². The molecule has 6 heteroatoms. The van der Waals surface area contributed by atoms with Crippen molar-refractivity contribution in [3.8, 4) is 0 Å². The summed E-state index contributed by atoms with van der Waals surface area (Å²) in [4.78, 5) is 25.0. The summed E-state index contributed by atoms with van der Waals surface area (Å²) in [7, 11) is 1.55. The van der Waals surface area contributed by atoms with Gasteiger partial charge in [0.2, 0.25) is 5.43 Å². The third-order valence-corrected chi connectivity index (χ3v) is 3.99. The van der Waals surface area contributed by atoms with Gasteiger partial charge in [0.15, 0.2) is 0 Å². The van der Waals surface area contributed by atoms with E-state index in [9.17, 15) is 9.59 Å². The fourth-order valence-electron chi connectivity index (χ4n) is 2.51. The van der Waals surface area contributed by atoms with Crippen LogP contribution in [0.1, 0.15) is 36.7 Å². The highest BCUT2D eigenvalue weighted by molar-refractivity contribution is 6.00. The largest absolute Gasteiger partial charge is 0.398 e. The van der Waals surface area contributed by atoms with Gasteiger partial charge in [0.25, 0.3) is 5.91 Å². The van der Waals surface area contributed by atoms with Gasteiger partial charge in [-0.15, -0.1) is 0 Å². The highest BCUT2D eigenvalue weighted by Gasteiger charge is 2.18. The Hall–Kier alpha value is -2.34. The molecule has 1 aromatic heterocycles. The van der Waals surface area contributed by atoms with Crippen molar-refractivity contribution >= 4 is 22.5 Å². The molecule has 0 radical (unpaired) electrons. The number of nitrogen functional groups attached to an aromatic ring is 1. The molecule has 0 saturated heterocycles. The number of nitrogens with two attached hydrogens (primary N) is 1. The Labute approximate surface area is 135 Å². The van der Waals surface area contributed by atoms with Crippen molar-refractivity contribution in [2.45, 2.75) is 26.3 Å². The Morgan fingerprint density at radius 3 is 2.83 bits per heavy atom. The molecule has 3 N–H and O–H groups in total. The van der Waals surface area contributed by atoms with Crippen molar-refractivity contribution in [3.63, 3.8) is 0 Å². The predicted octanol–water partition coefficient (Wildman–Crippen LogP) is 1.93. The minimum atomic E-state index is -0.408. The number of hydrogen-bond donors (Lipinski definition) is 2. The topological polar surface area (TPSA) is 86.4 Å². The van der Waals surface area contributed by atoms with Crippen LogP contribution in [-0.2, 0) is 4.74 Å². The minimum Gasteiger partial charge on any atom is -0.398 e. The number of ether oxygens (including phenoxy) is 1. The summed E-state index contributed by atoms with van der Waals surface area (Å²) in [5.41, 5.74) is 6.89. The summed E-state index contributed by atoms with van der Waals surface area (Å²) < 4.78 is 6.85. The van der Waals surface area contributed by atoms with Crippen LogP contribution in [0.5, 0.6) is 0 Å². The number of rotatable bonds is 6. The van der Waals surface area contributed by atoms with E-state index in [1.54, 1.807) is 19.4 Å². The molecular weight excluding hydrogens is 294 g/mol. The number of nitrogens with zero attached hydrogens (tertiary/aromatic N) is 1. The maximum Gasteiger partial charge on any atom is 0.256 e. The average Bonchev–Trinajstić information content (AvgIpc) is 2.54. The number of carbonyl (C=O) groups excluding carboxylic acids is 1. The molecule has 1 unspecified atom stereocenters. The number of aromatic nitrogens is 1. The van der Waals surface area contributed by atoms with E-state index in [2.05, 4.69) is 12.2 Å². The van der Waals surface area contributed by atoms with Gasteiger partial charge in [0.05, 0.1) is 17.5 Å². The number of carbonyl (C=O) groups is 1. The van der Waals surface area contributed by atoms with E-state index in [1.165, 1.54) is 0 Å². The lowest BCUT2D eigenvalue weighted by molar-refractivity contribution is 0.0935. The standard InChI is InChI=1S/C17H23N3O3/c1-4-11(2)20-10-12(17(22)19-8-9-23-3)16(21)15-13(18)6-5-7-14(15)20/h5-7,10-11H,4,8-9,18H2,1-3H3,(H,19,22). The van der Waals surface area contributed by atoms with E-state index in [1.807, 2.05) is 23.6 Å². The molecule has 6 nitrogen and oxygen atoms in total. The van der Waals surface area contributed by atoms with Crippen molar-refractivity contribution in [3.05, 3.63) is 40.2 Å². The molecule has 124 valence electrons. The van der Waals surface area contributed by atoms with Crippen molar-refractivity contribution in [2.75, 3.05) is 26.0 Å². The highest BCUT2D eigenvalue weighted by Crippen LogP contribution is 2.22. The number of fused-ring (bicyclic) bond motifs is 1. The third-order valence-electron chi connectivity index (χ3n) is 3.99. The number of nitrogens with one attached hydrogen (secondary N) is 1. The SMILES string of the molecule is CCC(C)n1cc(C(=O)NCCOC)c(=O)c2c(N)cccc21. The quantitative estimate of drug-likeness (QED) is 0.629. The Morgan fingerprint density at radius 1 is 1.43 bits per heavy atom. The maximum absolute atomic E-state index is 12.7. The number of pyridine rings is 1. The van der Waals surface area contributed by atoms with E-state index in [0.717, 1.165) is 11.9 Å². The van der Waals surface area contributed by atoms with E-state index < -0.39 is 5.91 Å². The number of anilines is 1. The van der Waals surface area contributed by atoms with Gasteiger partial charge in [-0.2, -0.15) is 0 Å². The molecule has 0 saturated carbocycles. The molecular formula is C17H23N3O3. The lowest BCUT2D eigenvalue weighted by Crippen LogP contribution is -2.32. The van der Waals surface area contributed by atoms with Crippen LogP contribution in [0.2, 0.25) is 0 Å². The van der Waals surface area contributed by atoms with E-state index in [-0.39, 0.29) is 17.0 Å². The second kappa shape index (κ2) is 7.28. The molecule has 2 aromatic rings. The highest BCUT2D eigenvalue weighted by atomic mass is 16.5. The molecule has 1 amide bonds. The maximum atomic E-state index is 12.7. The molecule has 23 heavy (non-hydrogen) atoms. The van der Waals surface area contributed by atoms with Gasteiger partial charge in [0.1, 0.15) is 5.56 Å². The summed E-state index contributed by atoms with van der Waals surface area (Å²) in [5, 5.41) is 3.09. The fraction of sp³-hybridized carbons (Fsp3) is 0.412. The number of benzene rings is 1. The van der Waals surface area contributed by atoms with Crippen molar-refractivity contribution in [2.24, 2.45) is 0 Å². The summed E-state index contributed by atoms with van der Waals surface area (Å²) in [6.07, 6.45) is 2.50. The molecule has 1 atom stereocenters. The van der Waals surface area contributed by atoms with Crippen molar-refractivity contribution in [1.29, 1.82) is 0 Å². The normalized spacial score (nSPS) is 12.3. The van der Waals surface area contributed by atoms with Gasteiger partial charge < -0.3 is 20.4 Å². The monoisotopic (exact) mass is 317 g/mol. The average molecular weight is 317 g/mol. The summed E-state index contributed by atoms with van der Waals surface area (Å²) in [6.45, 7) is 4.83. The van der Waals surface area contributed by atoms with Crippen LogP contribution in [0.15, 0.2) is 29.2 Å². The number of amides is 1. The molecule has 0 spiro atoms. The molecule has 2 rings (SSSR count). The Morgan fingerprint density at radius 2 is 2.17 bits per heavy atom. The predicted molar refractivity (Wildman–Crippen MR) is 91.8 cm³/mol. The zero-order chi connectivity index (χ0) is 17.0. The second-order valence-electron chi connectivity index (χ2n) is 5.53. The van der Waals surface area contributed by atoms with Gasteiger partial charge in [-0.05, 0) is 25.5 Å². The molecule has 0 bridgehead atoms. The van der Waals surface area contributed by atoms with Crippen LogP contribution >= 0.6 is 0 Å². The van der Waals surface area contributed by atoms with Crippen molar-refractivity contribution < 1.29 is 9.53 Å². The molecule has 1 heterocycles. The van der Waals surface area contributed by atoms with Gasteiger partial charge >= 0.3 is 0 Å². The van der Waals surface area contributed by atoms with Crippen LogP contribution in [0.4, 0.5) is 5.69 Å². The van der Waals surface area contributed by atoms with Crippen LogP contribution in [0.25, 0.3) is 10.9 Å². The molecule has 1 aromatic carbocycles. The smallest absolute Gasteiger partial charge is 0.256 e. The zero-order valence-corrected chi connectivity index (χ0v) is 13.8. The van der Waals surface area contributed by atoms with Crippen LogP contribution < -0.4 is 16.5 Å². The molecule has 0 aliphatic rings. The van der Waals surface area contributed by atoms with Gasteiger partial charge in [-0.25, -0.2) is 0 Å². The number of hydrogen-bond acceptors (Lipinski definition) is 4. The molecule has 0 fully saturated rings. The van der Waals surface area contributed by atoms with Crippen LogP contribution in [0.3, 0.4) is 0 Å². The third kappa shape index (κ3) is 3.37. The minimum absolute atomic E-state index is 0.104. The van der Waals surface area contributed by atoms with Gasteiger partial charge in [-0.1, -0.05) is 13.0 Å². The van der Waals surface area contributed by atoms with Crippen LogP contribution in [-0.4, -0.2) is 30.7 Å². The van der Waals surface area contributed by atoms with E-state index in [0.29, 0.717) is 24.2 Å². The summed E-state index contributed by atoms with van der Waals surface area (Å²) in [6, 6.07) is 5.49. The lowest BCUT2D eigenvalue weighted by atomic mass is 10.1. The van der Waals surface area contributed by atoms with Crippen LogP contribution in [0, 0.1) is 0 Å². The first-order valence-corrected chi connectivity index (χ1v) is 7.71. The van der Waals surface area contributed by atoms with E-state index >= 15 is 0 Å². The molecule has 0 aliphatic heterocycles. The Kier molecular flexibility index (Phi) is 5.39. The first-order valence-electron chi connectivity index (χ1n) is 7.71. The Balaban J connectivity index is 2.62. The Bertz CT molecular complexity index is 768. The molecule has 0 aliphatic carbocycles. The van der Waals surface area contributed by atoms with Crippen molar-refractivity contribution in [1.82, 2.24) is 9.88 Å². The van der Waals surface area contributed by atoms with E-state index in [4.69, 9.17) is 10.5 Å². The fourth-order valence-corrected chi connectivity index (χ4v) is 2.51. The second-order valence-corrected chi connectivity index (χ2v) is 5.53.